The maximum Gasteiger partial charge on any atom is 0.0541 e. The van der Waals surface area contributed by atoms with Crippen LogP contribution >= 0.6 is 0 Å². The third-order valence-corrected chi connectivity index (χ3v) is 9.65. The molecule has 0 N–H and O–H groups in total. The Morgan fingerprint density at radius 1 is 0.333 bits per heavy atom. The van der Waals surface area contributed by atoms with Gasteiger partial charge in [0, 0.05) is 32.9 Å². The van der Waals surface area contributed by atoms with Crippen LogP contribution in [0.15, 0.2) is 171 Å². The normalized spacial score (nSPS) is 11.5. The van der Waals surface area contributed by atoms with Crippen molar-refractivity contribution < 1.29 is 0 Å². The van der Waals surface area contributed by atoms with E-state index in [0.29, 0.717) is 0 Å². The molecule has 0 bridgehead atoms. The number of para-hydroxylation sites is 2. The van der Waals surface area contributed by atoms with E-state index < -0.39 is 0 Å². The Hall–Kier alpha value is -6.38. The van der Waals surface area contributed by atoms with Crippen molar-refractivity contribution in [2.45, 2.75) is 0 Å². The maximum absolute atomic E-state index is 3.90. The standard InChI is InChI=1S/C46H32N2/c1-3-31-16-20-33(21-17-31)35-24-26-45-41(28-35)39-12-5-7-14-43(39)47(45)37-10-9-11-38(30-37)48-44-15-8-6-13-40(44)42-29-36(25-27-46(42)48)34-22-18-32(4-2)19-23-34/h3-30H,1-2H2. The van der Waals surface area contributed by atoms with Gasteiger partial charge in [-0.15, -0.1) is 0 Å². The summed E-state index contributed by atoms with van der Waals surface area (Å²) >= 11 is 0. The summed E-state index contributed by atoms with van der Waals surface area (Å²) in [5.41, 5.74) is 14.1. The van der Waals surface area contributed by atoms with Gasteiger partial charge in [-0.05, 0) is 88.0 Å². The lowest BCUT2D eigenvalue weighted by molar-refractivity contribution is 1.13. The lowest BCUT2D eigenvalue weighted by Gasteiger charge is -2.13. The van der Waals surface area contributed by atoms with Crippen LogP contribution in [-0.4, -0.2) is 9.13 Å². The topological polar surface area (TPSA) is 9.86 Å². The van der Waals surface area contributed by atoms with Gasteiger partial charge >= 0.3 is 0 Å². The van der Waals surface area contributed by atoms with Crippen LogP contribution in [0.2, 0.25) is 0 Å². The minimum absolute atomic E-state index is 1.12. The van der Waals surface area contributed by atoms with Crippen molar-refractivity contribution in [1.82, 2.24) is 9.13 Å². The lowest BCUT2D eigenvalue weighted by atomic mass is 10.0. The molecule has 9 aromatic rings. The Kier molecular flexibility index (Phi) is 6.48. The summed E-state index contributed by atoms with van der Waals surface area (Å²) in [5, 5.41) is 4.97. The lowest BCUT2D eigenvalue weighted by Crippen LogP contribution is -1.98. The summed E-state index contributed by atoms with van der Waals surface area (Å²) in [6.07, 6.45) is 3.77. The third kappa shape index (κ3) is 4.42. The van der Waals surface area contributed by atoms with Crippen molar-refractivity contribution in [3.05, 3.63) is 182 Å². The predicted octanol–water partition coefficient (Wildman–Crippen LogP) is 12.5. The number of hydrogen-bond donors (Lipinski definition) is 0. The van der Waals surface area contributed by atoms with Gasteiger partial charge in [-0.3, -0.25) is 0 Å². The molecule has 0 aliphatic heterocycles. The molecule has 0 saturated carbocycles. The first-order valence-corrected chi connectivity index (χ1v) is 16.3. The zero-order chi connectivity index (χ0) is 32.2. The first-order chi connectivity index (χ1) is 23.7. The van der Waals surface area contributed by atoms with E-state index in [9.17, 15) is 0 Å². The second-order valence-electron chi connectivity index (χ2n) is 12.3. The van der Waals surface area contributed by atoms with Crippen molar-refractivity contribution in [2.75, 3.05) is 0 Å². The third-order valence-electron chi connectivity index (χ3n) is 9.65. The van der Waals surface area contributed by atoms with E-state index in [0.717, 1.165) is 22.5 Å². The molecule has 0 unspecified atom stereocenters. The highest BCUT2D eigenvalue weighted by Gasteiger charge is 2.16. The molecule has 0 aliphatic carbocycles. The summed E-state index contributed by atoms with van der Waals surface area (Å²) < 4.78 is 4.80. The molecule has 48 heavy (non-hydrogen) atoms. The highest BCUT2D eigenvalue weighted by atomic mass is 15.0. The predicted molar refractivity (Wildman–Crippen MR) is 206 cm³/mol. The Balaban J connectivity index is 1.21. The minimum Gasteiger partial charge on any atom is -0.309 e. The van der Waals surface area contributed by atoms with Crippen LogP contribution in [0.3, 0.4) is 0 Å². The fourth-order valence-electron chi connectivity index (χ4n) is 7.26. The van der Waals surface area contributed by atoms with Crippen molar-refractivity contribution in [3.8, 4) is 33.6 Å². The molecule has 2 aromatic heterocycles. The molecule has 226 valence electrons. The number of hydrogen-bond acceptors (Lipinski definition) is 0. The van der Waals surface area contributed by atoms with E-state index in [4.69, 9.17) is 0 Å². The first kappa shape index (κ1) is 27.9. The first-order valence-electron chi connectivity index (χ1n) is 16.3. The smallest absolute Gasteiger partial charge is 0.0541 e. The molecule has 0 fully saturated rings. The van der Waals surface area contributed by atoms with Crippen LogP contribution in [0.1, 0.15) is 11.1 Å². The summed E-state index contributed by atoms with van der Waals surface area (Å²) in [6.45, 7) is 7.81. The minimum atomic E-state index is 1.12. The average Bonchev–Trinajstić information content (AvgIpc) is 3.67. The monoisotopic (exact) mass is 612 g/mol. The summed E-state index contributed by atoms with van der Waals surface area (Å²) in [4.78, 5) is 0. The summed E-state index contributed by atoms with van der Waals surface area (Å²) in [5.74, 6) is 0. The van der Waals surface area contributed by atoms with Crippen LogP contribution < -0.4 is 0 Å². The molecule has 0 atom stereocenters. The van der Waals surface area contributed by atoms with Crippen LogP contribution in [0.4, 0.5) is 0 Å². The Morgan fingerprint density at radius 2 is 0.729 bits per heavy atom. The molecule has 0 spiro atoms. The molecular formula is C46H32N2. The van der Waals surface area contributed by atoms with Gasteiger partial charge in [-0.2, -0.15) is 0 Å². The van der Waals surface area contributed by atoms with Crippen LogP contribution in [-0.2, 0) is 0 Å². The van der Waals surface area contributed by atoms with Gasteiger partial charge in [0.15, 0.2) is 0 Å². The van der Waals surface area contributed by atoms with Crippen molar-refractivity contribution in [2.24, 2.45) is 0 Å². The van der Waals surface area contributed by atoms with Crippen molar-refractivity contribution in [3.63, 3.8) is 0 Å². The molecular weight excluding hydrogens is 581 g/mol. The van der Waals surface area contributed by atoms with Crippen LogP contribution in [0.5, 0.6) is 0 Å². The SMILES string of the molecule is C=Cc1ccc(-c2ccc3c(c2)c2ccccc2n3-c2cccc(-n3c4ccccc4c4cc(-c5ccc(C=C)cc5)ccc43)c2)cc1. The molecule has 0 amide bonds. The highest BCUT2D eigenvalue weighted by Crippen LogP contribution is 2.38. The second kappa shape index (κ2) is 11.2. The number of nitrogens with zero attached hydrogens (tertiary/aromatic N) is 2. The fourth-order valence-corrected chi connectivity index (χ4v) is 7.26. The molecule has 2 heterocycles. The molecule has 2 nitrogen and oxygen atoms in total. The van der Waals surface area contributed by atoms with Gasteiger partial charge in [0.25, 0.3) is 0 Å². The molecule has 2 heteroatoms. The quantitative estimate of drug-likeness (QED) is 0.177. The van der Waals surface area contributed by atoms with Crippen LogP contribution in [0.25, 0.3) is 89.4 Å². The summed E-state index contributed by atoms with van der Waals surface area (Å²) in [7, 11) is 0. The fraction of sp³-hybridized carbons (Fsp3) is 0. The second-order valence-corrected chi connectivity index (χ2v) is 12.3. The van der Waals surface area contributed by atoms with Gasteiger partial charge in [-0.1, -0.05) is 128 Å². The number of fused-ring (bicyclic) bond motifs is 6. The molecule has 9 rings (SSSR count). The zero-order valence-corrected chi connectivity index (χ0v) is 26.5. The summed E-state index contributed by atoms with van der Waals surface area (Å²) in [6, 6.07) is 57.2. The van der Waals surface area contributed by atoms with Crippen LogP contribution in [0, 0.1) is 0 Å². The Morgan fingerprint density at radius 3 is 1.17 bits per heavy atom. The molecule has 7 aromatic carbocycles. The molecule has 0 saturated heterocycles. The van der Waals surface area contributed by atoms with Gasteiger partial charge in [0.2, 0.25) is 0 Å². The van der Waals surface area contributed by atoms with Gasteiger partial charge in [0.05, 0.1) is 22.1 Å². The van der Waals surface area contributed by atoms with E-state index >= 15 is 0 Å². The van der Waals surface area contributed by atoms with Gasteiger partial charge in [-0.25, -0.2) is 0 Å². The average molecular weight is 613 g/mol. The highest BCUT2D eigenvalue weighted by molar-refractivity contribution is 6.12. The van der Waals surface area contributed by atoms with Gasteiger partial charge < -0.3 is 9.13 Å². The van der Waals surface area contributed by atoms with Crippen molar-refractivity contribution in [1.29, 1.82) is 0 Å². The molecule has 0 radical (unpaired) electrons. The van der Waals surface area contributed by atoms with E-state index in [-0.39, 0.29) is 0 Å². The van der Waals surface area contributed by atoms with Gasteiger partial charge in [0.1, 0.15) is 0 Å². The largest absolute Gasteiger partial charge is 0.309 e. The number of rotatable bonds is 6. The maximum atomic E-state index is 3.90. The van der Waals surface area contributed by atoms with E-state index in [2.05, 4.69) is 180 Å². The Bertz CT molecular complexity index is 2500. The zero-order valence-electron chi connectivity index (χ0n) is 26.5. The van der Waals surface area contributed by atoms with E-state index in [1.165, 1.54) is 65.9 Å². The molecule has 0 aliphatic rings. The number of aromatic nitrogens is 2. The Labute approximate surface area is 279 Å². The van der Waals surface area contributed by atoms with E-state index in [1.54, 1.807) is 0 Å². The van der Waals surface area contributed by atoms with E-state index in [1.807, 2.05) is 12.2 Å². The number of benzene rings is 7. The van der Waals surface area contributed by atoms with Crippen molar-refractivity contribution >= 4 is 55.8 Å².